The topological polar surface area (TPSA) is 42.9 Å². The highest BCUT2D eigenvalue weighted by molar-refractivity contribution is 14.0. The van der Waals surface area contributed by atoms with Gasteiger partial charge < -0.3 is 15.5 Å². The summed E-state index contributed by atoms with van der Waals surface area (Å²) < 4.78 is 0. The first-order valence-electron chi connectivity index (χ1n) is 10.5. The highest BCUT2D eigenvalue weighted by Gasteiger charge is 2.18. The van der Waals surface area contributed by atoms with Gasteiger partial charge in [0, 0.05) is 51.5 Å². The van der Waals surface area contributed by atoms with Crippen molar-refractivity contribution in [1.29, 1.82) is 0 Å². The third kappa shape index (κ3) is 7.32. The highest BCUT2D eigenvalue weighted by Crippen LogP contribution is 2.18. The molecule has 0 amide bonds. The van der Waals surface area contributed by atoms with Gasteiger partial charge in [0.15, 0.2) is 5.96 Å². The quantitative estimate of drug-likeness (QED) is 0.241. The summed E-state index contributed by atoms with van der Waals surface area (Å²) in [5, 5.41) is 6.55. The van der Waals surface area contributed by atoms with E-state index in [2.05, 4.69) is 88.5 Å². The van der Waals surface area contributed by atoms with Gasteiger partial charge in [-0.1, -0.05) is 48.5 Å². The van der Waals surface area contributed by atoms with Gasteiger partial charge in [0.2, 0.25) is 0 Å². The maximum Gasteiger partial charge on any atom is 0.191 e. The summed E-state index contributed by atoms with van der Waals surface area (Å²) in [5.74, 6) is 0.832. The van der Waals surface area contributed by atoms with Gasteiger partial charge >= 0.3 is 0 Å². The highest BCUT2D eigenvalue weighted by atomic mass is 127. The molecule has 2 N–H and O–H groups in total. The van der Waals surface area contributed by atoms with E-state index in [9.17, 15) is 0 Å². The van der Waals surface area contributed by atoms with E-state index >= 15 is 0 Å². The normalized spacial score (nSPS) is 14.7. The summed E-state index contributed by atoms with van der Waals surface area (Å²) in [6.07, 6.45) is 1.84. The second-order valence-corrected chi connectivity index (χ2v) is 7.23. The van der Waals surface area contributed by atoms with Crippen LogP contribution in [0.3, 0.4) is 0 Å². The van der Waals surface area contributed by atoms with Gasteiger partial charge in [-0.2, -0.15) is 0 Å². The second-order valence-electron chi connectivity index (χ2n) is 7.23. The number of piperazine rings is 1. The zero-order chi connectivity index (χ0) is 20.3. The molecule has 3 rings (SSSR count). The number of rotatable bonds is 8. The number of nitrogens with zero attached hydrogens (tertiary/aromatic N) is 3. The largest absolute Gasteiger partial charge is 0.369 e. The Morgan fingerprint density at radius 2 is 1.63 bits per heavy atom. The smallest absolute Gasteiger partial charge is 0.191 e. The lowest BCUT2D eigenvalue weighted by atomic mass is 10.1. The first-order chi connectivity index (χ1) is 14.3. The average Bonchev–Trinajstić information content (AvgIpc) is 2.78. The Morgan fingerprint density at radius 3 is 2.30 bits per heavy atom. The first kappa shape index (κ1) is 24.2. The SMILES string of the molecule is C=CCNC(=NCc1ccccc1CN1CCN(c2ccccc2)CC1)NCC.I. The molecule has 2 aromatic rings. The van der Waals surface area contributed by atoms with Crippen LogP contribution in [0, 0.1) is 0 Å². The zero-order valence-electron chi connectivity index (χ0n) is 17.9. The number of hydrogen-bond acceptors (Lipinski definition) is 3. The van der Waals surface area contributed by atoms with E-state index in [1.54, 1.807) is 0 Å². The lowest BCUT2D eigenvalue weighted by molar-refractivity contribution is 0.249. The molecule has 0 saturated carbocycles. The molecule has 1 aliphatic heterocycles. The Bertz CT molecular complexity index is 785. The number of anilines is 1. The Balaban J connectivity index is 0.00000320. The summed E-state index contributed by atoms with van der Waals surface area (Å²) in [4.78, 5) is 9.76. The van der Waals surface area contributed by atoms with Gasteiger partial charge in [0.05, 0.1) is 6.54 Å². The van der Waals surface area contributed by atoms with E-state index in [1.807, 2.05) is 6.08 Å². The molecule has 0 atom stereocenters. The third-order valence-corrected chi connectivity index (χ3v) is 5.17. The minimum atomic E-state index is 0. The van der Waals surface area contributed by atoms with E-state index in [4.69, 9.17) is 4.99 Å². The number of aliphatic imine (C=N–C) groups is 1. The van der Waals surface area contributed by atoms with Crippen molar-refractivity contribution >= 4 is 35.6 Å². The fraction of sp³-hybridized carbons (Fsp3) is 0.375. The Kier molecular flexibility index (Phi) is 10.7. The number of benzene rings is 2. The molecule has 30 heavy (non-hydrogen) atoms. The van der Waals surface area contributed by atoms with Crippen molar-refractivity contribution in [2.75, 3.05) is 44.2 Å². The van der Waals surface area contributed by atoms with E-state index in [0.29, 0.717) is 13.1 Å². The maximum atomic E-state index is 4.75. The number of hydrogen-bond donors (Lipinski definition) is 2. The molecule has 162 valence electrons. The maximum absolute atomic E-state index is 4.75. The van der Waals surface area contributed by atoms with Gasteiger partial charge in [-0.05, 0) is 30.2 Å². The molecular formula is C24H34IN5. The van der Waals surface area contributed by atoms with Crippen molar-refractivity contribution in [2.24, 2.45) is 4.99 Å². The van der Waals surface area contributed by atoms with Gasteiger partial charge in [0.1, 0.15) is 0 Å². The summed E-state index contributed by atoms with van der Waals surface area (Å²) >= 11 is 0. The number of guanidine groups is 1. The van der Waals surface area contributed by atoms with Crippen LogP contribution in [0.15, 0.2) is 72.2 Å². The third-order valence-electron chi connectivity index (χ3n) is 5.17. The minimum absolute atomic E-state index is 0. The fourth-order valence-corrected chi connectivity index (χ4v) is 3.58. The van der Waals surface area contributed by atoms with Gasteiger partial charge in [0.25, 0.3) is 0 Å². The molecular weight excluding hydrogens is 485 g/mol. The number of nitrogens with one attached hydrogen (secondary N) is 2. The van der Waals surface area contributed by atoms with Gasteiger partial charge in [-0.3, -0.25) is 4.90 Å². The van der Waals surface area contributed by atoms with Crippen LogP contribution >= 0.6 is 24.0 Å². The molecule has 6 heteroatoms. The van der Waals surface area contributed by atoms with Crippen LogP contribution in [0.5, 0.6) is 0 Å². The van der Waals surface area contributed by atoms with E-state index in [-0.39, 0.29) is 24.0 Å². The predicted molar refractivity (Wildman–Crippen MR) is 139 cm³/mol. The summed E-state index contributed by atoms with van der Waals surface area (Å²) in [5.41, 5.74) is 3.97. The molecule has 0 spiro atoms. The molecule has 1 fully saturated rings. The van der Waals surface area contributed by atoms with Crippen LogP contribution in [0.2, 0.25) is 0 Å². The van der Waals surface area contributed by atoms with Crippen LogP contribution < -0.4 is 15.5 Å². The van der Waals surface area contributed by atoms with Crippen molar-refractivity contribution in [1.82, 2.24) is 15.5 Å². The lowest BCUT2D eigenvalue weighted by Crippen LogP contribution is -2.46. The van der Waals surface area contributed by atoms with Crippen LogP contribution in [0.4, 0.5) is 5.69 Å². The molecule has 1 saturated heterocycles. The number of halogens is 1. The Morgan fingerprint density at radius 1 is 0.967 bits per heavy atom. The molecule has 2 aromatic carbocycles. The molecule has 0 aromatic heterocycles. The van der Waals surface area contributed by atoms with Crippen molar-refractivity contribution in [3.8, 4) is 0 Å². The molecule has 0 bridgehead atoms. The summed E-state index contributed by atoms with van der Waals surface area (Å²) in [6, 6.07) is 19.4. The van der Waals surface area contributed by atoms with Crippen LogP contribution in [0.25, 0.3) is 0 Å². The van der Waals surface area contributed by atoms with Crippen molar-refractivity contribution in [3.63, 3.8) is 0 Å². The molecule has 0 radical (unpaired) electrons. The zero-order valence-corrected chi connectivity index (χ0v) is 20.2. The first-order valence-corrected chi connectivity index (χ1v) is 10.5. The van der Waals surface area contributed by atoms with E-state index < -0.39 is 0 Å². The van der Waals surface area contributed by atoms with E-state index in [0.717, 1.165) is 45.2 Å². The lowest BCUT2D eigenvalue weighted by Gasteiger charge is -2.36. The molecule has 5 nitrogen and oxygen atoms in total. The van der Waals surface area contributed by atoms with Gasteiger partial charge in [-0.25, -0.2) is 4.99 Å². The van der Waals surface area contributed by atoms with Crippen molar-refractivity contribution in [2.45, 2.75) is 20.0 Å². The molecule has 0 unspecified atom stereocenters. The second kappa shape index (κ2) is 13.3. The van der Waals surface area contributed by atoms with E-state index in [1.165, 1.54) is 16.8 Å². The average molecular weight is 519 g/mol. The predicted octanol–water partition coefficient (Wildman–Crippen LogP) is 3.87. The number of para-hydroxylation sites is 1. The van der Waals surface area contributed by atoms with Crippen molar-refractivity contribution < 1.29 is 0 Å². The monoisotopic (exact) mass is 519 g/mol. The Labute approximate surface area is 198 Å². The summed E-state index contributed by atoms with van der Waals surface area (Å²) in [7, 11) is 0. The summed E-state index contributed by atoms with van der Waals surface area (Å²) in [6.45, 7) is 13.3. The van der Waals surface area contributed by atoms with Crippen LogP contribution in [0.1, 0.15) is 18.1 Å². The molecule has 0 aliphatic carbocycles. The molecule has 1 heterocycles. The molecule has 1 aliphatic rings. The van der Waals surface area contributed by atoms with Gasteiger partial charge in [-0.15, -0.1) is 30.6 Å². The van der Waals surface area contributed by atoms with Crippen molar-refractivity contribution in [3.05, 3.63) is 78.4 Å². The van der Waals surface area contributed by atoms with Crippen LogP contribution in [-0.2, 0) is 13.1 Å². The minimum Gasteiger partial charge on any atom is -0.369 e. The van der Waals surface area contributed by atoms with Crippen LogP contribution in [-0.4, -0.2) is 50.1 Å². The fourth-order valence-electron chi connectivity index (χ4n) is 3.58. The standard InChI is InChI=1S/C24H33N5.HI/c1-3-14-26-24(25-4-2)27-19-21-10-8-9-11-22(21)20-28-15-17-29(18-16-28)23-12-6-5-7-13-23;/h3,5-13H,1,4,14-20H2,2H3,(H2,25,26,27);1H. The Hall–Kier alpha value is -2.06.